The largest absolute Gasteiger partial charge is 0.340 e. The molecule has 1 amide bonds. The van der Waals surface area contributed by atoms with Crippen molar-refractivity contribution >= 4 is 28.5 Å². The zero-order valence-electron chi connectivity index (χ0n) is 10.7. The molecule has 1 heterocycles. The molecule has 1 saturated carbocycles. The van der Waals surface area contributed by atoms with E-state index in [2.05, 4.69) is 0 Å². The highest BCUT2D eigenvalue weighted by Crippen LogP contribution is 2.26. The molecule has 0 radical (unpaired) electrons. The summed E-state index contributed by atoms with van der Waals surface area (Å²) in [6.07, 6.45) is 2.48. The van der Waals surface area contributed by atoms with Crippen LogP contribution in [0.3, 0.4) is 0 Å². The fourth-order valence-electron chi connectivity index (χ4n) is 2.66. The molecule has 2 unspecified atom stereocenters. The maximum Gasteiger partial charge on any atom is 0.277 e. The van der Waals surface area contributed by atoms with Crippen LogP contribution in [0.5, 0.6) is 0 Å². The third-order valence-corrected chi connectivity index (χ3v) is 4.82. The minimum atomic E-state index is -3.63. The molecule has 7 nitrogen and oxygen atoms in total. The van der Waals surface area contributed by atoms with Crippen LogP contribution in [-0.4, -0.2) is 55.8 Å². The maximum atomic E-state index is 12.2. The Hall–Kier alpha value is -0.410. The molecule has 2 aliphatic rings. The third-order valence-electron chi connectivity index (χ3n) is 3.73. The van der Waals surface area contributed by atoms with Crippen molar-refractivity contribution in [3.05, 3.63) is 0 Å². The fourth-order valence-corrected chi connectivity index (χ4v) is 3.33. The second-order valence-corrected chi connectivity index (χ2v) is 6.59. The fraction of sp³-hybridized carbons (Fsp3) is 0.900. The molecule has 1 aliphatic carbocycles. The van der Waals surface area contributed by atoms with Crippen molar-refractivity contribution < 1.29 is 13.2 Å². The van der Waals surface area contributed by atoms with Crippen LogP contribution in [0.4, 0.5) is 0 Å². The number of piperazine rings is 1. The minimum Gasteiger partial charge on any atom is -0.340 e. The first-order valence-electron chi connectivity index (χ1n) is 6.20. The number of nitrogens with zero attached hydrogens (tertiary/aromatic N) is 2. The Morgan fingerprint density at radius 2 is 1.68 bits per heavy atom. The summed E-state index contributed by atoms with van der Waals surface area (Å²) in [5.74, 6) is 0.123. The Labute approximate surface area is 119 Å². The zero-order chi connectivity index (χ0) is 13.3. The Bertz CT molecular complexity index is 422. The van der Waals surface area contributed by atoms with E-state index in [1.54, 1.807) is 4.90 Å². The lowest BCUT2D eigenvalue weighted by atomic mass is 10.1. The number of rotatable bonds is 2. The summed E-state index contributed by atoms with van der Waals surface area (Å²) in [4.78, 5) is 13.9. The summed E-state index contributed by atoms with van der Waals surface area (Å²) in [6, 6.07) is 0.129. The Morgan fingerprint density at radius 1 is 1.11 bits per heavy atom. The van der Waals surface area contributed by atoms with Crippen molar-refractivity contribution in [1.29, 1.82) is 0 Å². The first-order chi connectivity index (χ1) is 8.38. The first kappa shape index (κ1) is 16.6. The van der Waals surface area contributed by atoms with Gasteiger partial charge in [-0.3, -0.25) is 4.79 Å². The van der Waals surface area contributed by atoms with E-state index in [4.69, 9.17) is 10.9 Å². The van der Waals surface area contributed by atoms with E-state index in [9.17, 15) is 13.2 Å². The quantitative estimate of drug-likeness (QED) is 0.673. The van der Waals surface area contributed by atoms with E-state index >= 15 is 0 Å². The van der Waals surface area contributed by atoms with Gasteiger partial charge >= 0.3 is 0 Å². The number of halogens is 1. The van der Waals surface area contributed by atoms with Crippen LogP contribution < -0.4 is 10.9 Å². The molecule has 1 saturated heterocycles. The molecule has 0 aromatic rings. The second kappa shape index (κ2) is 6.36. The Morgan fingerprint density at radius 3 is 2.11 bits per heavy atom. The highest BCUT2D eigenvalue weighted by Gasteiger charge is 2.33. The van der Waals surface area contributed by atoms with Crippen LogP contribution in [0.25, 0.3) is 0 Å². The normalized spacial score (nSPS) is 29.1. The number of hydrogen-bond acceptors (Lipinski definition) is 4. The molecule has 0 spiro atoms. The number of carbonyl (C=O) groups excluding carboxylic acids is 1. The van der Waals surface area contributed by atoms with E-state index in [0.717, 1.165) is 19.3 Å². The molecule has 0 bridgehead atoms. The summed E-state index contributed by atoms with van der Waals surface area (Å²) in [7, 11) is -3.63. The lowest BCUT2D eigenvalue weighted by Crippen LogP contribution is -2.53. The van der Waals surface area contributed by atoms with Crippen LogP contribution >= 0.6 is 12.4 Å². The van der Waals surface area contributed by atoms with Crippen molar-refractivity contribution in [3.8, 4) is 0 Å². The molecule has 0 aromatic carbocycles. The maximum absolute atomic E-state index is 12.2. The molecular formula is C10H21ClN4O3S. The molecule has 9 heteroatoms. The van der Waals surface area contributed by atoms with E-state index < -0.39 is 10.2 Å². The highest BCUT2D eigenvalue weighted by atomic mass is 35.5. The summed E-state index contributed by atoms with van der Waals surface area (Å²) < 4.78 is 23.5. The molecule has 4 N–H and O–H groups in total. The standard InChI is InChI=1S/C10H20N4O3S.ClH/c11-9-2-1-8(7-9)10(15)13-3-5-14(6-4-13)18(12,16)17;/h8-9H,1-7,11H2,(H2,12,16,17);1H. The van der Waals surface area contributed by atoms with Gasteiger partial charge in [0, 0.05) is 38.1 Å². The van der Waals surface area contributed by atoms with Crippen molar-refractivity contribution in [2.24, 2.45) is 16.8 Å². The van der Waals surface area contributed by atoms with E-state index in [-0.39, 0.29) is 43.4 Å². The van der Waals surface area contributed by atoms with Gasteiger partial charge in [0.1, 0.15) is 0 Å². The first-order valence-corrected chi connectivity index (χ1v) is 7.70. The van der Waals surface area contributed by atoms with Gasteiger partial charge in [-0.25, -0.2) is 5.14 Å². The van der Waals surface area contributed by atoms with Crippen LogP contribution in [0.2, 0.25) is 0 Å². The molecule has 1 aliphatic heterocycles. The number of hydrogen-bond donors (Lipinski definition) is 2. The van der Waals surface area contributed by atoms with Gasteiger partial charge in [0.25, 0.3) is 10.2 Å². The van der Waals surface area contributed by atoms with Gasteiger partial charge in [0.2, 0.25) is 5.91 Å². The van der Waals surface area contributed by atoms with Crippen LogP contribution in [0, 0.1) is 5.92 Å². The number of amides is 1. The molecule has 2 fully saturated rings. The van der Waals surface area contributed by atoms with Gasteiger partial charge in [-0.15, -0.1) is 12.4 Å². The summed E-state index contributed by atoms with van der Waals surface area (Å²) in [5.41, 5.74) is 5.80. The third kappa shape index (κ3) is 4.03. The highest BCUT2D eigenvalue weighted by molar-refractivity contribution is 7.86. The van der Waals surface area contributed by atoms with Gasteiger partial charge in [-0.05, 0) is 19.3 Å². The lowest BCUT2D eigenvalue weighted by Gasteiger charge is -2.34. The molecule has 0 aromatic heterocycles. The van der Waals surface area contributed by atoms with Gasteiger partial charge in [-0.2, -0.15) is 12.7 Å². The predicted octanol–water partition coefficient (Wildman–Crippen LogP) is -1.12. The van der Waals surface area contributed by atoms with Gasteiger partial charge < -0.3 is 10.6 Å². The molecule has 2 atom stereocenters. The topological polar surface area (TPSA) is 110 Å². The smallest absolute Gasteiger partial charge is 0.277 e. The molecule has 2 rings (SSSR count). The van der Waals surface area contributed by atoms with Crippen molar-refractivity contribution in [2.45, 2.75) is 25.3 Å². The zero-order valence-corrected chi connectivity index (χ0v) is 12.3. The van der Waals surface area contributed by atoms with Crippen LogP contribution in [0.15, 0.2) is 0 Å². The number of carbonyl (C=O) groups is 1. The van der Waals surface area contributed by atoms with Crippen molar-refractivity contribution in [2.75, 3.05) is 26.2 Å². The lowest BCUT2D eigenvalue weighted by molar-refractivity contribution is -0.136. The Balaban J connectivity index is 0.00000180. The van der Waals surface area contributed by atoms with Crippen molar-refractivity contribution in [1.82, 2.24) is 9.21 Å². The van der Waals surface area contributed by atoms with Gasteiger partial charge in [-0.1, -0.05) is 0 Å². The monoisotopic (exact) mass is 312 g/mol. The summed E-state index contributed by atoms with van der Waals surface area (Å²) in [6.45, 7) is 1.40. The van der Waals surface area contributed by atoms with E-state index in [1.807, 2.05) is 0 Å². The average molecular weight is 313 g/mol. The molecular weight excluding hydrogens is 292 g/mol. The van der Waals surface area contributed by atoms with Crippen molar-refractivity contribution in [3.63, 3.8) is 0 Å². The SMILES string of the molecule is Cl.NC1CCC(C(=O)N2CCN(S(N)(=O)=O)CC2)C1. The summed E-state index contributed by atoms with van der Waals surface area (Å²) >= 11 is 0. The summed E-state index contributed by atoms with van der Waals surface area (Å²) in [5, 5.41) is 5.05. The van der Waals surface area contributed by atoms with Crippen LogP contribution in [-0.2, 0) is 15.0 Å². The van der Waals surface area contributed by atoms with E-state index in [1.165, 1.54) is 4.31 Å². The predicted molar refractivity (Wildman–Crippen MR) is 73.8 cm³/mol. The molecule has 112 valence electrons. The van der Waals surface area contributed by atoms with E-state index in [0.29, 0.717) is 13.1 Å². The minimum absolute atomic E-state index is 0. The van der Waals surface area contributed by atoms with Gasteiger partial charge in [0.15, 0.2) is 0 Å². The van der Waals surface area contributed by atoms with Gasteiger partial charge in [0.05, 0.1) is 0 Å². The molecule has 19 heavy (non-hydrogen) atoms. The second-order valence-electron chi connectivity index (χ2n) is 5.04. The number of nitrogens with two attached hydrogens (primary N) is 2. The average Bonchev–Trinajstić information content (AvgIpc) is 2.74. The van der Waals surface area contributed by atoms with Crippen LogP contribution in [0.1, 0.15) is 19.3 Å². The Kier molecular flexibility index (Phi) is 5.57.